The highest BCUT2D eigenvalue weighted by Gasteiger charge is 2.17. The van der Waals surface area contributed by atoms with Gasteiger partial charge in [-0.2, -0.15) is 0 Å². The number of nitrogens with zero attached hydrogens (tertiary/aromatic N) is 2. The van der Waals surface area contributed by atoms with Crippen molar-refractivity contribution in [2.45, 2.75) is 42.5 Å². The van der Waals surface area contributed by atoms with Crippen molar-refractivity contribution in [2.24, 2.45) is 0 Å². The van der Waals surface area contributed by atoms with Gasteiger partial charge in [-0.15, -0.1) is 11.3 Å². The molecule has 0 aliphatic heterocycles. The van der Waals surface area contributed by atoms with Gasteiger partial charge in [0, 0.05) is 39.8 Å². The van der Waals surface area contributed by atoms with E-state index in [9.17, 15) is 9.59 Å². The largest absolute Gasteiger partial charge is 0.351 e. The molecule has 1 aliphatic rings. The normalized spacial score (nSPS) is 14.5. The highest BCUT2D eigenvalue weighted by Crippen LogP contribution is 2.32. The summed E-state index contributed by atoms with van der Waals surface area (Å²) in [7, 11) is 0. The van der Waals surface area contributed by atoms with Gasteiger partial charge in [-0.25, -0.2) is 9.97 Å². The zero-order valence-electron chi connectivity index (χ0n) is 16.9. The van der Waals surface area contributed by atoms with Crippen molar-refractivity contribution >= 4 is 50.0 Å². The Bertz CT molecular complexity index is 1290. The molecule has 8 heteroatoms. The third-order valence-corrected chi connectivity index (χ3v) is 7.97. The zero-order valence-corrected chi connectivity index (χ0v) is 18.5. The van der Waals surface area contributed by atoms with Gasteiger partial charge in [-0.1, -0.05) is 42.8 Å². The lowest BCUT2D eigenvalue weighted by atomic mass is 10.2. The van der Waals surface area contributed by atoms with E-state index < -0.39 is 0 Å². The topological polar surface area (TPSA) is 87.7 Å². The van der Waals surface area contributed by atoms with E-state index >= 15 is 0 Å². The van der Waals surface area contributed by atoms with Gasteiger partial charge < -0.3 is 10.3 Å². The molecule has 3 heterocycles. The van der Waals surface area contributed by atoms with E-state index in [1.165, 1.54) is 37.0 Å². The summed E-state index contributed by atoms with van der Waals surface area (Å²) in [6, 6.07) is 9.32. The molecule has 1 amide bonds. The van der Waals surface area contributed by atoms with E-state index in [0.717, 1.165) is 26.3 Å². The SMILES string of the molecule is O=C(NCCc1cnc(SC2CCCC2)nc1)c1cc2c(=O)[nH]c3ccccc3c2s1. The molecular weight excluding hydrogens is 428 g/mol. The molecule has 1 saturated carbocycles. The number of para-hydroxylation sites is 1. The number of hydrogen-bond acceptors (Lipinski definition) is 6. The number of H-pyrrole nitrogens is 1. The second-order valence-electron chi connectivity index (χ2n) is 7.76. The standard InChI is InChI=1S/C23H22N4O2S2/c28-21-17-11-19(31-20(17)16-7-3-4-8-18(16)27-21)22(29)24-10-9-14-12-25-23(26-13-14)30-15-5-1-2-6-15/h3-4,7-8,11-13,15H,1-2,5-6,9-10H2,(H,24,29)(H,27,28). The lowest BCUT2D eigenvalue weighted by molar-refractivity contribution is 0.0958. The van der Waals surface area contributed by atoms with Crippen LogP contribution in [0.15, 0.2) is 52.7 Å². The number of hydrogen-bond donors (Lipinski definition) is 2. The van der Waals surface area contributed by atoms with Crippen LogP contribution in [-0.2, 0) is 6.42 Å². The molecule has 0 spiro atoms. The van der Waals surface area contributed by atoms with Gasteiger partial charge in [0.2, 0.25) is 0 Å². The van der Waals surface area contributed by atoms with Crippen LogP contribution in [0, 0.1) is 0 Å². The molecule has 0 atom stereocenters. The van der Waals surface area contributed by atoms with Crippen LogP contribution >= 0.6 is 23.1 Å². The number of aromatic nitrogens is 3. The maximum atomic E-state index is 12.7. The minimum atomic E-state index is -0.170. The molecule has 31 heavy (non-hydrogen) atoms. The fraction of sp³-hybridized carbons (Fsp3) is 0.304. The molecule has 3 aromatic heterocycles. The second kappa shape index (κ2) is 8.80. The number of nitrogens with one attached hydrogen (secondary N) is 2. The van der Waals surface area contributed by atoms with Crippen molar-refractivity contribution in [3.63, 3.8) is 0 Å². The van der Waals surface area contributed by atoms with Gasteiger partial charge in [0.05, 0.1) is 10.3 Å². The van der Waals surface area contributed by atoms with E-state index in [2.05, 4.69) is 20.3 Å². The Kier molecular flexibility index (Phi) is 5.74. The van der Waals surface area contributed by atoms with Crippen molar-refractivity contribution in [2.75, 3.05) is 6.54 Å². The number of fused-ring (bicyclic) bond motifs is 3. The van der Waals surface area contributed by atoms with Gasteiger partial charge in [0.15, 0.2) is 5.16 Å². The van der Waals surface area contributed by atoms with Crippen LogP contribution in [0.2, 0.25) is 0 Å². The monoisotopic (exact) mass is 450 g/mol. The molecule has 1 aromatic carbocycles. The van der Waals surface area contributed by atoms with Gasteiger partial charge >= 0.3 is 0 Å². The number of benzene rings is 1. The smallest absolute Gasteiger partial charge is 0.261 e. The Morgan fingerprint density at radius 3 is 2.74 bits per heavy atom. The maximum absolute atomic E-state index is 12.7. The molecule has 5 rings (SSSR count). The average Bonchev–Trinajstić information content (AvgIpc) is 3.46. The molecule has 6 nitrogen and oxygen atoms in total. The zero-order chi connectivity index (χ0) is 21.2. The van der Waals surface area contributed by atoms with Crippen molar-refractivity contribution in [1.29, 1.82) is 0 Å². The number of amides is 1. The highest BCUT2D eigenvalue weighted by atomic mass is 32.2. The van der Waals surface area contributed by atoms with Crippen LogP contribution in [-0.4, -0.2) is 32.7 Å². The fourth-order valence-electron chi connectivity index (χ4n) is 3.95. The van der Waals surface area contributed by atoms with E-state index in [1.54, 1.807) is 17.8 Å². The number of rotatable bonds is 6. The Morgan fingerprint density at radius 2 is 1.94 bits per heavy atom. The third-order valence-electron chi connectivity index (χ3n) is 5.58. The summed E-state index contributed by atoms with van der Waals surface area (Å²) in [5.74, 6) is -0.168. The summed E-state index contributed by atoms with van der Waals surface area (Å²) in [6.07, 6.45) is 9.47. The van der Waals surface area contributed by atoms with Crippen LogP contribution in [0.4, 0.5) is 0 Å². The molecule has 2 N–H and O–H groups in total. The number of carbonyl (C=O) groups is 1. The first-order valence-corrected chi connectivity index (χ1v) is 12.2. The average molecular weight is 451 g/mol. The lowest BCUT2D eigenvalue weighted by Crippen LogP contribution is -2.25. The van der Waals surface area contributed by atoms with E-state index in [1.807, 2.05) is 36.7 Å². The Balaban J connectivity index is 1.22. The molecule has 4 aromatic rings. The number of thioether (sulfide) groups is 1. The summed E-state index contributed by atoms with van der Waals surface area (Å²) in [5.41, 5.74) is 1.61. The van der Waals surface area contributed by atoms with Crippen molar-refractivity contribution in [3.8, 4) is 0 Å². The van der Waals surface area contributed by atoms with E-state index in [4.69, 9.17) is 0 Å². The van der Waals surface area contributed by atoms with Gasteiger partial charge in [-0.3, -0.25) is 9.59 Å². The third kappa shape index (κ3) is 4.36. The summed E-state index contributed by atoms with van der Waals surface area (Å²) < 4.78 is 0.841. The van der Waals surface area contributed by atoms with Crippen molar-refractivity contribution in [1.82, 2.24) is 20.3 Å². The van der Waals surface area contributed by atoms with Crippen molar-refractivity contribution in [3.05, 3.63) is 63.5 Å². The molecule has 0 unspecified atom stereocenters. The van der Waals surface area contributed by atoms with Gasteiger partial charge in [0.25, 0.3) is 11.5 Å². The van der Waals surface area contributed by atoms with Crippen LogP contribution < -0.4 is 10.9 Å². The molecule has 0 saturated heterocycles. The van der Waals surface area contributed by atoms with E-state index in [-0.39, 0.29) is 11.5 Å². The maximum Gasteiger partial charge on any atom is 0.261 e. The summed E-state index contributed by atoms with van der Waals surface area (Å²) in [4.78, 5) is 37.4. The van der Waals surface area contributed by atoms with Gasteiger partial charge in [-0.05, 0) is 37.0 Å². The molecule has 158 valence electrons. The quantitative estimate of drug-likeness (QED) is 0.421. The number of pyridine rings is 1. The summed E-state index contributed by atoms with van der Waals surface area (Å²) in [6.45, 7) is 0.489. The summed E-state index contributed by atoms with van der Waals surface area (Å²) in [5, 5.41) is 5.94. The van der Waals surface area contributed by atoms with Crippen LogP contribution in [0.1, 0.15) is 40.9 Å². The Labute approximate surface area is 187 Å². The summed E-state index contributed by atoms with van der Waals surface area (Å²) >= 11 is 3.12. The second-order valence-corrected chi connectivity index (χ2v) is 10.1. The number of thiophene rings is 1. The Hall–Kier alpha value is -2.71. The molecular formula is C23H22N4O2S2. The first-order valence-electron chi connectivity index (χ1n) is 10.5. The van der Waals surface area contributed by atoms with Crippen molar-refractivity contribution < 1.29 is 4.79 Å². The van der Waals surface area contributed by atoms with Gasteiger partial charge in [0.1, 0.15) is 0 Å². The fourth-order valence-corrected chi connectivity index (χ4v) is 6.15. The molecule has 1 aliphatic carbocycles. The molecule has 0 radical (unpaired) electrons. The molecule has 1 fully saturated rings. The minimum Gasteiger partial charge on any atom is -0.351 e. The highest BCUT2D eigenvalue weighted by molar-refractivity contribution is 7.99. The van der Waals surface area contributed by atoms with Crippen LogP contribution in [0.25, 0.3) is 21.0 Å². The predicted octanol–water partition coefficient (Wildman–Crippen LogP) is 4.54. The first kappa shape index (κ1) is 20.2. The Morgan fingerprint density at radius 1 is 1.16 bits per heavy atom. The van der Waals surface area contributed by atoms with Crippen LogP contribution in [0.3, 0.4) is 0 Å². The number of carbonyl (C=O) groups excluding carboxylic acids is 1. The number of aromatic amines is 1. The first-order chi connectivity index (χ1) is 15.2. The molecule has 0 bridgehead atoms. The van der Waals surface area contributed by atoms with E-state index in [0.29, 0.717) is 28.5 Å². The minimum absolute atomic E-state index is 0.168. The predicted molar refractivity (Wildman–Crippen MR) is 126 cm³/mol. The lowest BCUT2D eigenvalue weighted by Gasteiger charge is -2.07. The van der Waals surface area contributed by atoms with Crippen LogP contribution in [0.5, 0.6) is 0 Å².